The zero-order valence-corrected chi connectivity index (χ0v) is 11.9. The number of rotatable bonds is 3. The van der Waals surface area contributed by atoms with Gasteiger partial charge in [0.05, 0.1) is 5.56 Å². The van der Waals surface area contributed by atoms with Crippen LogP contribution in [0, 0.1) is 6.92 Å². The second-order valence-corrected chi connectivity index (χ2v) is 5.08. The first-order valence-corrected chi connectivity index (χ1v) is 6.94. The van der Waals surface area contributed by atoms with Crippen molar-refractivity contribution in [2.24, 2.45) is 0 Å². The number of benzene rings is 3. The van der Waals surface area contributed by atoms with Gasteiger partial charge in [-0.25, -0.2) is 4.79 Å². The van der Waals surface area contributed by atoms with E-state index in [0.29, 0.717) is 5.56 Å². The highest BCUT2D eigenvalue weighted by atomic mass is 16.5. The van der Waals surface area contributed by atoms with Crippen molar-refractivity contribution < 1.29 is 9.53 Å². The molecule has 0 aromatic heterocycles. The van der Waals surface area contributed by atoms with Crippen molar-refractivity contribution in [1.29, 1.82) is 0 Å². The van der Waals surface area contributed by atoms with E-state index < -0.39 is 0 Å². The van der Waals surface area contributed by atoms with E-state index >= 15 is 0 Å². The maximum atomic E-state index is 12.1. The van der Waals surface area contributed by atoms with Gasteiger partial charge < -0.3 is 4.74 Å². The number of aryl methyl sites for hydroxylation is 1. The van der Waals surface area contributed by atoms with Crippen LogP contribution in [0.3, 0.4) is 0 Å². The molecule has 2 nitrogen and oxygen atoms in total. The highest BCUT2D eigenvalue weighted by molar-refractivity contribution is 5.90. The van der Waals surface area contributed by atoms with E-state index in [1.165, 1.54) is 0 Å². The lowest BCUT2D eigenvalue weighted by molar-refractivity contribution is 0.0474. The van der Waals surface area contributed by atoms with E-state index in [4.69, 9.17) is 4.74 Å². The van der Waals surface area contributed by atoms with E-state index in [2.05, 4.69) is 12.1 Å². The number of carbonyl (C=O) groups is 1. The van der Waals surface area contributed by atoms with Gasteiger partial charge >= 0.3 is 5.97 Å². The van der Waals surface area contributed by atoms with Gasteiger partial charge in [-0.15, -0.1) is 0 Å². The first kappa shape index (κ1) is 13.4. The molecule has 0 N–H and O–H groups in total. The molecule has 3 aromatic carbocycles. The number of hydrogen-bond donors (Lipinski definition) is 0. The van der Waals surface area contributed by atoms with Gasteiger partial charge in [0.2, 0.25) is 0 Å². The Bertz CT molecular complexity index is 785. The summed E-state index contributed by atoms with van der Waals surface area (Å²) in [4.78, 5) is 12.1. The fourth-order valence-corrected chi connectivity index (χ4v) is 2.42. The van der Waals surface area contributed by atoms with Crippen molar-refractivity contribution in [3.63, 3.8) is 0 Å². The van der Waals surface area contributed by atoms with E-state index in [1.54, 1.807) is 6.07 Å². The molecule has 0 amide bonds. The molecule has 0 aliphatic heterocycles. The van der Waals surface area contributed by atoms with Crippen LogP contribution in [0.25, 0.3) is 10.8 Å². The van der Waals surface area contributed by atoms with Crippen LogP contribution in [0.4, 0.5) is 0 Å². The molecule has 2 heteroatoms. The summed E-state index contributed by atoms with van der Waals surface area (Å²) in [5, 5.41) is 2.28. The van der Waals surface area contributed by atoms with Gasteiger partial charge in [-0.3, -0.25) is 0 Å². The predicted molar refractivity (Wildman–Crippen MR) is 84.2 cm³/mol. The standard InChI is InChI=1S/C19H16O2/c1-14-6-4-9-16(12-14)19(20)21-13-17-10-5-8-15-7-2-3-11-18(15)17/h2-12H,13H2,1H3. The molecule has 0 spiro atoms. The SMILES string of the molecule is Cc1cccc(C(=O)OCc2cccc3ccccc23)c1. The molecule has 0 saturated carbocycles. The minimum absolute atomic E-state index is 0.286. The van der Waals surface area contributed by atoms with Crippen LogP contribution in [0.15, 0.2) is 66.7 Å². The van der Waals surface area contributed by atoms with Crippen molar-refractivity contribution in [1.82, 2.24) is 0 Å². The Kier molecular flexibility index (Phi) is 3.69. The van der Waals surface area contributed by atoms with Gasteiger partial charge in [-0.2, -0.15) is 0 Å². The van der Waals surface area contributed by atoms with Crippen molar-refractivity contribution >= 4 is 16.7 Å². The molecule has 0 radical (unpaired) electrons. The van der Waals surface area contributed by atoms with Crippen molar-refractivity contribution in [2.75, 3.05) is 0 Å². The fourth-order valence-electron chi connectivity index (χ4n) is 2.42. The number of ether oxygens (including phenoxy) is 1. The third-order valence-electron chi connectivity index (χ3n) is 3.49. The van der Waals surface area contributed by atoms with Crippen molar-refractivity contribution in [3.8, 4) is 0 Å². The second kappa shape index (κ2) is 5.80. The van der Waals surface area contributed by atoms with E-state index in [0.717, 1.165) is 21.9 Å². The first-order valence-electron chi connectivity index (χ1n) is 6.94. The van der Waals surface area contributed by atoms with E-state index in [1.807, 2.05) is 55.5 Å². The van der Waals surface area contributed by atoms with E-state index in [-0.39, 0.29) is 12.6 Å². The lowest BCUT2D eigenvalue weighted by Gasteiger charge is -2.08. The smallest absolute Gasteiger partial charge is 0.338 e. The van der Waals surface area contributed by atoms with Gasteiger partial charge in [0.15, 0.2) is 0 Å². The van der Waals surface area contributed by atoms with Crippen LogP contribution in [0.2, 0.25) is 0 Å². The second-order valence-electron chi connectivity index (χ2n) is 5.08. The van der Waals surface area contributed by atoms with Gasteiger partial charge in [0, 0.05) is 0 Å². The molecule has 21 heavy (non-hydrogen) atoms. The molecule has 0 atom stereocenters. The average molecular weight is 276 g/mol. The maximum Gasteiger partial charge on any atom is 0.338 e. The molecule has 3 aromatic rings. The molecule has 0 unspecified atom stereocenters. The zero-order chi connectivity index (χ0) is 14.7. The Morgan fingerprint density at radius 2 is 1.71 bits per heavy atom. The lowest BCUT2D eigenvalue weighted by Crippen LogP contribution is -2.05. The molecule has 0 aliphatic rings. The number of carbonyl (C=O) groups excluding carboxylic acids is 1. The highest BCUT2D eigenvalue weighted by Gasteiger charge is 2.08. The summed E-state index contributed by atoms with van der Waals surface area (Å²) < 4.78 is 5.44. The summed E-state index contributed by atoms with van der Waals surface area (Å²) in [6.45, 7) is 2.25. The largest absolute Gasteiger partial charge is 0.457 e. The number of esters is 1. The summed E-state index contributed by atoms with van der Waals surface area (Å²) in [6.07, 6.45) is 0. The summed E-state index contributed by atoms with van der Waals surface area (Å²) >= 11 is 0. The summed E-state index contributed by atoms with van der Waals surface area (Å²) in [6, 6.07) is 21.6. The quantitative estimate of drug-likeness (QED) is 0.658. The van der Waals surface area contributed by atoms with Crippen molar-refractivity contribution in [3.05, 3.63) is 83.4 Å². The van der Waals surface area contributed by atoms with Crippen LogP contribution >= 0.6 is 0 Å². The molecule has 104 valence electrons. The number of hydrogen-bond acceptors (Lipinski definition) is 2. The normalized spacial score (nSPS) is 10.5. The molecule has 0 fully saturated rings. The topological polar surface area (TPSA) is 26.3 Å². The Balaban J connectivity index is 1.79. The fraction of sp³-hybridized carbons (Fsp3) is 0.105. The molecular formula is C19H16O2. The number of fused-ring (bicyclic) bond motifs is 1. The molecule has 0 aliphatic carbocycles. The molecule has 0 bridgehead atoms. The van der Waals surface area contributed by atoms with Gasteiger partial charge in [0.25, 0.3) is 0 Å². The van der Waals surface area contributed by atoms with Gasteiger partial charge in [-0.05, 0) is 35.4 Å². The molecular weight excluding hydrogens is 260 g/mol. The molecule has 3 rings (SSSR count). The Morgan fingerprint density at radius 3 is 2.57 bits per heavy atom. The third kappa shape index (κ3) is 2.95. The van der Waals surface area contributed by atoms with Crippen LogP contribution in [0.1, 0.15) is 21.5 Å². The Hall–Kier alpha value is -2.61. The van der Waals surface area contributed by atoms with Crippen LogP contribution in [-0.4, -0.2) is 5.97 Å². The molecule has 0 heterocycles. The monoisotopic (exact) mass is 276 g/mol. The van der Waals surface area contributed by atoms with Gasteiger partial charge in [0.1, 0.15) is 6.61 Å². The Morgan fingerprint density at radius 1 is 0.952 bits per heavy atom. The van der Waals surface area contributed by atoms with Gasteiger partial charge in [-0.1, -0.05) is 60.2 Å². The predicted octanol–water partition coefficient (Wildman–Crippen LogP) is 4.51. The van der Waals surface area contributed by atoms with Crippen LogP contribution in [0.5, 0.6) is 0 Å². The van der Waals surface area contributed by atoms with E-state index in [9.17, 15) is 4.79 Å². The van der Waals surface area contributed by atoms with Crippen LogP contribution in [-0.2, 0) is 11.3 Å². The third-order valence-corrected chi connectivity index (χ3v) is 3.49. The van der Waals surface area contributed by atoms with Crippen molar-refractivity contribution in [2.45, 2.75) is 13.5 Å². The summed E-state index contributed by atoms with van der Waals surface area (Å²) in [5.41, 5.74) is 2.67. The lowest BCUT2D eigenvalue weighted by atomic mass is 10.1. The zero-order valence-electron chi connectivity index (χ0n) is 11.9. The summed E-state index contributed by atoms with van der Waals surface area (Å²) in [5.74, 6) is -0.286. The average Bonchev–Trinajstić information content (AvgIpc) is 2.52. The highest BCUT2D eigenvalue weighted by Crippen LogP contribution is 2.19. The molecule has 0 saturated heterocycles. The minimum atomic E-state index is -0.286. The maximum absolute atomic E-state index is 12.1. The Labute approximate surface area is 124 Å². The summed E-state index contributed by atoms with van der Waals surface area (Å²) in [7, 11) is 0. The minimum Gasteiger partial charge on any atom is -0.457 e. The van der Waals surface area contributed by atoms with Crippen LogP contribution < -0.4 is 0 Å². The first-order chi connectivity index (χ1) is 10.2.